The van der Waals surface area contributed by atoms with Crippen LogP contribution in [0.2, 0.25) is 0 Å². The minimum atomic E-state index is -3.78. The first-order valence-electron chi connectivity index (χ1n) is 7.33. The van der Waals surface area contributed by atoms with Crippen molar-refractivity contribution in [3.05, 3.63) is 70.3 Å². The molecule has 4 nitrogen and oxygen atoms in total. The number of nitriles is 1. The van der Waals surface area contributed by atoms with Crippen molar-refractivity contribution < 1.29 is 17.2 Å². The van der Waals surface area contributed by atoms with E-state index in [4.69, 9.17) is 5.26 Å². The zero-order valence-electron chi connectivity index (χ0n) is 12.7. The van der Waals surface area contributed by atoms with E-state index in [0.29, 0.717) is 12.0 Å². The van der Waals surface area contributed by atoms with Crippen LogP contribution in [0.1, 0.15) is 22.3 Å². The summed E-state index contributed by atoms with van der Waals surface area (Å²) in [5, 5.41) is 8.87. The quantitative estimate of drug-likeness (QED) is 0.857. The highest BCUT2D eigenvalue weighted by atomic mass is 32.2. The van der Waals surface area contributed by atoms with Gasteiger partial charge >= 0.3 is 0 Å². The molecule has 0 aromatic heterocycles. The third-order valence-corrected chi connectivity index (χ3v) is 5.83. The molecule has 2 aromatic rings. The van der Waals surface area contributed by atoms with Gasteiger partial charge < -0.3 is 0 Å². The van der Waals surface area contributed by atoms with Crippen molar-refractivity contribution in [1.82, 2.24) is 4.31 Å². The molecule has 0 unspecified atom stereocenters. The summed E-state index contributed by atoms with van der Waals surface area (Å²) in [5.41, 5.74) is 1.70. The average Bonchev–Trinajstić information content (AvgIpc) is 2.56. The summed E-state index contributed by atoms with van der Waals surface area (Å²) in [4.78, 5) is 0. The largest absolute Gasteiger partial charge is 0.218 e. The van der Waals surface area contributed by atoms with Gasteiger partial charge in [0.2, 0.25) is 10.0 Å². The lowest BCUT2D eigenvalue weighted by Crippen LogP contribution is -2.36. The number of sulfonamides is 1. The zero-order valence-corrected chi connectivity index (χ0v) is 13.5. The Balaban J connectivity index is 1.86. The van der Waals surface area contributed by atoms with E-state index in [9.17, 15) is 17.2 Å². The second-order valence-corrected chi connectivity index (χ2v) is 7.64. The predicted molar refractivity (Wildman–Crippen MR) is 84.3 cm³/mol. The summed E-state index contributed by atoms with van der Waals surface area (Å²) in [6.07, 6.45) is 0.482. The van der Waals surface area contributed by atoms with Crippen molar-refractivity contribution in [2.45, 2.75) is 18.7 Å². The van der Waals surface area contributed by atoms with E-state index >= 15 is 0 Å². The molecule has 0 spiro atoms. The van der Waals surface area contributed by atoms with Crippen molar-refractivity contribution in [2.75, 3.05) is 6.54 Å². The fourth-order valence-electron chi connectivity index (χ4n) is 2.78. The summed E-state index contributed by atoms with van der Waals surface area (Å²) >= 11 is 0. The van der Waals surface area contributed by atoms with E-state index in [1.807, 2.05) is 6.07 Å². The Morgan fingerprint density at radius 3 is 2.67 bits per heavy atom. The summed E-state index contributed by atoms with van der Waals surface area (Å²) in [6.45, 7) is 0.329. The molecule has 0 saturated carbocycles. The Bertz CT molecular complexity index is 936. The van der Waals surface area contributed by atoms with Gasteiger partial charge in [-0.3, -0.25) is 0 Å². The van der Waals surface area contributed by atoms with Crippen LogP contribution < -0.4 is 0 Å². The summed E-state index contributed by atoms with van der Waals surface area (Å²) < 4.78 is 53.6. The van der Waals surface area contributed by atoms with E-state index in [1.165, 1.54) is 28.6 Å². The van der Waals surface area contributed by atoms with Crippen molar-refractivity contribution in [1.29, 1.82) is 5.26 Å². The summed E-state index contributed by atoms with van der Waals surface area (Å²) in [6, 6.07) is 9.83. The minimum absolute atomic E-state index is 0.0425. The Hall–Kier alpha value is -2.30. The van der Waals surface area contributed by atoms with E-state index in [1.54, 1.807) is 6.07 Å². The van der Waals surface area contributed by atoms with E-state index in [-0.39, 0.29) is 24.2 Å². The Kier molecular flexibility index (Phi) is 4.35. The highest BCUT2D eigenvalue weighted by Crippen LogP contribution is 2.24. The number of hydrogen-bond donors (Lipinski definition) is 0. The molecule has 0 radical (unpaired) electrons. The van der Waals surface area contributed by atoms with Gasteiger partial charge in [0.1, 0.15) is 11.6 Å². The first-order chi connectivity index (χ1) is 11.4. The maximum absolute atomic E-state index is 13.9. The van der Waals surface area contributed by atoms with Crippen LogP contribution in [0.25, 0.3) is 0 Å². The van der Waals surface area contributed by atoms with E-state index in [0.717, 1.165) is 11.6 Å². The molecule has 0 amide bonds. The Morgan fingerprint density at radius 2 is 1.92 bits per heavy atom. The predicted octanol–water partition coefficient (Wildman–Crippen LogP) is 2.72. The Morgan fingerprint density at radius 1 is 1.12 bits per heavy atom. The molecule has 1 aliphatic rings. The SMILES string of the molecule is N#Cc1ccc(F)c(CS(=O)(=O)N2CCc3ccc(F)cc3C2)c1. The number of benzene rings is 2. The molecule has 0 aliphatic carbocycles. The van der Waals surface area contributed by atoms with Crippen LogP contribution in [-0.2, 0) is 28.7 Å². The van der Waals surface area contributed by atoms with Crippen molar-refractivity contribution in [3.63, 3.8) is 0 Å². The van der Waals surface area contributed by atoms with E-state index < -0.39 is 27.4 Å². The molecule has 24 heavy (non-hydrogen) atoms. The maximum atomic E-state index is 13.9. The standard InChI is InChI=1S/C17H14F2N2O2S/c18-16-3-2-13-5-6-21(10-14(13)8-16)24(22,23)11-15-7-12(9-20)1-4-17(15)19/h1-4,7-8H,5-6,10-11H2. The Labute approximate surface area is 139 Å². The first-order valence-corrected chi connectivity index (χ1v) is 8.93. The lowest BCUT2D eigenvalue weighted by Gasteiger charge is -2.28. The third kappa shape index (κ3) is 3.30. The highest BCUT2D eigenvalue weighted by molar-refractivity contribution is 7.88. The van der Waals surface area contributed by atoms with Gasteiger partial charge in [0.25, 0.3) is 0 Å². The van der Waals surface area contributed by atoms with Gasteiger partial charge in [-0.25, -0.2) is 17.2 Å². The highest BCUT2D eigenvalue weighted by Gasteiger charge is 2.28. The maximum Gasteiger partial charge on any atom is 0.218 e. The summed E-state index contributed by atoms with van der Waals surface area (Å²) in [5.74, 6) is -1.61. The van der Waals surface area contributed by atoms with Crippen LogP contribution in [0.4, 0.5) is 8.78 Å². The van der Waals surface area contributed by atoms with E-state index in [2.05, 4.69) is 0 Å². The molecule has 0 saturated heterocycles. The van der Waals surface area contributed by atoms with Crippen LogP contribution in [0.3, 0.4) is 0 Å². The molecule has 0 atom stereocenters. The van der Waals surface area contributed by atoms with Crippen molar-refractivity contribution in [2.24, 2.45) is 0 Å². The second-order valence-electron chi connectivity index (χ2n) is 5.67. The van der Waals surface area contributed by atoms with Gasteiger partial charge in [-0.15, -0.1) is 0 Å². The zero-order chi connectivity index (χ0) is 17.3. The molecular weight excluding hydrogens is 334 g/mol. The van der Waals surface area contributed by atoms with Crippen molar-refractivity contribution in [3.8, 4) is 6.07 Å². The smallest absolute Gasteiger partial charge is 0.212 e. The molecule has 0 bridgehead atoms. The van der Waals surface area contributed by atoms with Gasteiger partial charge in [0, 0.05) is 18.7 Å². The van der Waals surface area contributed by atoms with Crippen LogP contribution >= 0.6 is 0 Å². The van der Waals surface area contributed by atoms with Crippen LogP contribution in [0.5, 0.6) is 0 Å². The van der Waals surface area contributed by atoms with Gasteiger partial charge in [0.05, 0.1) is 17.4 Å². The molecule has 1 heterocycles. The van der Waals surface area contributed by atoms with Crippen LogP contribution in [0.15, 0.2) is 36.4 Å². The second kappa shape index (κ2) is 6.30. The number of rotatable bonds is 3. The minimum Gasteiger partial charge on any atom is -0.212 e. The molecular formula is C17H14F2N2O2S. The summed E-state index contributed by atoms with van der Waals surface area (Å²) in [7, 11) is -3.78. The van der Waals surface area contributed by atoms with Gasteiger partial charge in [-0.05, 0) is 47.9 Å². The fourth-order valence-corrected chi connectivity index (χ4v) is 4.28. The average molecular weight is 348 g/mol. The molecule has 0 fully saturated rings. The van der Waals surface area contributed by atoms with Crippen LogP contribution in [0, 0.1) is 23.0 Å². The third-order valence-electron chi connectivity index (χ3n) is 4.05. The molecule has 124 valence electrons. The number of halogens is 2. The van der Waals surface area contributed by atoms with Gasteiger partial charge in [-0.2, -0.15) is 9.57 Å². The topological polar surface area (TPSA) is 61.2 Å². The molecule has 0 N–H and O–H groups in total. The fraction of sp³-hybridized carbons (Fsp3) is 0.235. The lowest BCUT2D eigenvalue weighted by molar-refractivity contribution is 0.389. The molecule has 7 heteroatoms. The number of fused-ring (bicyclic) bond motifs is 1. The van der Waals surface area contributed by atoms with Crippen molar-refractivity contribution >= 4 is 10.0 Å². The number of hydrogen-bond acceptors (Lipinski definition) is 3. The van der Waals surface area contributed by atoms with Crippen LogP contribution in [-0.4, -0.2) is 19.3 Å². The van der Waals surface area contributed by atoms with Gasteiger partial charge in [-0.1, -0.05) is 6.07 Å². The number of nitrogens with zero attached hydrogens (tertiary/aromatic N) is 2. The molecule has 3 rings (SSSR count). The molecule has 2 aromatic carbocycles. The first kappa shape index (κ1) is 16.6. The normalized spacial score (nSPS) is 14.9. The monoisotopic (exact) mass is 348 g/mol. The molecule has 1 aliphatic heterocycles. The lowest BCUT2D eigenvalue weighted by atomic mass is 10.0. The van der Waals surface area contributed by atoms with Gasteiger partial charge in [0.15, 0.2) is 0 Å².